The molecule has 3 heterocycles. The third kappa shape index (κ3) is 5.21. The van der Waals surface area contributed by atoms with Gasteiger partial charge in [-0.1, -0.05) is 12.1 Å². The first kappa shape index (κ1) is 24.5. The standard InChI is InChI=1S/C28H25F3N4O2/c1-37-26-10-6-8-20(32-26)11-14-25-33-24-13-12-21(34-15-3-2-4-16-34)18-23(24)27(36)35(25)22-9-5-7-19(17-22)28(29,30)31/h5-14,17-18H,2-4,15-16H2,1H3/b14-11+. The van der Waals surface area contributed by atoms with Gasteiger partial charge in [-0.05, 0) is 73.9 Å². The van der Waals surface area contributed by atoms with E-state index in [4.69, 9.17) is 4.74 Å². The topological polar surface area (TPSA) is 60.2 Å². The lowest BCUT2D eigenvalue weighted by atomic mass is 10.1. The summed E-state index contributed by atoms with van der Waals surface area (Å²) in [4.78, 5) is 25.0. The summed E-state index contributed by atoms with van der Waals surface area (Å²) in [5.74, 6) is 0.598. The Balaban J connectivity index is 1.68. The van der Waals surface area contributed by atoms with Gasteiger partial charge in [-0.2, -0.15) is 13.2 Å². The Hall–Kier alpha value is -4.14. The summed E-state index contributed by atoms with van der Waals surface area (Å²) in [7, 11) is 1.50. The van der Waals surface area contributed by atoms with E-state index in [1.54, 1.807) is 42.5 Å². The molecule has 37 heavy (non-hydrogen) atoms. The monoisotopic (exact) mass is 506 g/mol. The van der Waals surface area contributed by atoms with Crippen LogP contribution < -0.4 is 15.2 Å². The van der Waals surface area contributed by atoms with Gasteiger partial charge in [0.1, 0.15) is 5.82 Å². The van der Waals surface area contributed by atoms with Crippen molar-refractivity contribution in [2.45, 2.75) is 25.4 Å². The molecule has 190 valence electrons. The predicted molar refractivity (Wildman–Crippen MR) is 138 cm³/mol. The number of methoxy groups -OCH3 is 1. The van der Waals surface area contributed by atoms with Crippen molar-refractivity contribution in [3.05, 3.63) is 88.1 Å². The number of alkyl halides is 3. The van der Waals surface area contributed by atoms with Crippen molar-refractivity contribution in [3.63, 3.8) is 0 Å². The van der Waals surface area contributed by atoms with Crippen LogP contribution in [0, 0.1) is 0 Å². The minimum Gasteiger partial charge on any atom is -0.481 e. The van der Waals surface area contributed by atoms with E-state index in [2.05, 4.69) is 14.9 Å². The lowest BCUT2D eigenvalue weighted by Gasteiger charge is -2.29. The highest BCUT2D eigenvalue weighted by atomic mass is 19.4. The molecule has 5 rings (SSSR count). The van der Waals surface area contributed by atoms with Crippen molar-refractivity contribution in [3.8, 4) is 11.6 Å². The van der Waals surface area contributed by atoms with E-state index in [1.165, 1.54) is 30.2 Å². The minimum atomic E-state index is -4.55. The number of fused-ring (bicyclic) bond motifs is 1. The molecule has 0 saturated carbocycles. The zero-order valence-corrected chi connectivity index (χ0v) is 20.2. The van der Waals surface area contributed by atoms with Gasteiger partial charge in [0.2, 0.25) is 5.88 Å². The molecule has 2 aromatic heterocycles. The number of hydrogen-bond acceptors (Lipinski definition) is 5. The van der Waals surface area contributed by atoms with Gasteiger partial charge in [-0.25, -0.2) is 9.97 Å². The molecule has 0 unspecified atom stereocenters. The van der Waals surface area contributed by atoms with Crippen molar-refractivity contribution >= 4 is 28.7 Å². The first-order valence-electron chi connectivity index (χ1n) is 12.0. The molecule has 0 aliphatic carbocycles. The van der Waals surface area contributed by atoms with Crippen LogP contribution in [0.1, 0.15) is 36.3 Å². The SMILES string of the molecule is COc1cccc(/C=C/c2nc3ccc(N4CCCCC4)cc3c(=O)n2-c2cccc(C(F)(F)F)c2)n1. The normalized spacial score (nSPS) is 14.4. The number of piperidine rings is 1. The van der Waals surface area contributed by atoms with E-state index < -0.39 is 17.3 Å². The van der Waals surface area contributed by atoms with Crippen molar-refractivity contribution in [2.75, 3.05) is 25.1 Å². The molecule has 1 aliphatic rings. The predicted octanol–water partition coefficient (Wildman–Crippen LogP) is 5.97. The number of aromatic nitrogens is 3. The lowest BCUT2D eigenvalue weighted by molar-refractivity contribution is -0.137. The van der Waals surface area contributed by atoms with E-state index in [9.17, 15) is 18.0 Å². The fourth-order valence-electron chi connectivity index (χ4n) is 4.52. The summed E-state index contributed by atoms with van der Waals surface area (Å²) >= 11 is 0. The number of rotatable bonds is 5. The fraction of sp³-hybridized carbons (Fsp3) is 0.250. The molecule has 9 heteroatoms. The van der Waals surface area contributed by atoms with Gasteiger partial charge in [0.15, 0.2) is 0 Å². The van der Waals surface area contributed by atoms with E-state index >= 15 is 0 Å². The number of benzene rings is 2. The molecule has 0 amide bonds. The Morgan fingerprint density at radius 2 is 1.68 bits per heavy atom. The Labute approximate surface area is 211 Å². The number of pyridine rings is 1. The zero-order valence-electron chi connectivity index (χ0n) is 20.2. The van der Waals surface area contributed by atoms with Crippen LogP contribution in [0.3, 0.4) is 0 Å². The highest BCUT2D eigenvalue weighted by Crippen LogP contribution is 2.31. The Morgan fingerprint density at radius 3 is 2.43 bits per heavy atom. The molecule has 0 spiro atoms. The largest absolute Gasteiger partial charge is 0.481 e. The van der Waals surface area contributed by atoms with E-state index in [0.29, 0.717) is 22.5 Å². The van der Waals surface area contributed by atoms with Gasteiger partial charge in [0.25, 0.3) is 5.56 Å². The molecule has 0 radical (unpaired) electrons. The molecule has 2 aromatic carbocycles. The average molecular weight is 507 g/mol. The summed E-state index contributed by atoms with van der Waals surface area (Å²) < 4.78 is 46.9. The summed E-state index contributed by atoms with van der Waals surface area (Å²) in [6, 6.07) is 15.4. The smallest absolute Gasteiger partial charge is 0.416 e. The van der Waals surface area contributed by atoms with Crippen molar-refractivity contribution in [2.24, 2.45) is 0 Å². The maximum Gasteiger partial charge on any atom is 0.416 e. The Morgan fingerprint density at radius 1 is 0.892 bits per heavy atom. The summed E-state index contributed by atoms with van der Waals surface area (Å²) in [6.45, 7) is 1.80. The summed E-state index contributed by atoms with van der Waals surface area (Å²) in [6.07, 6.45) is 1.99. The maximum absolute atomic E-state index is 13.8. The van der Waals surface area contributed by atoms with Gasteiger partial charge in [-0.3, -0.25) is 9.36 Å². The van der Waals surface area contributed by atoms with Gasteiger partial charge >= 0.3 is 6.18 Å². The van der Waals surface area contributed by atoms with Gasteiger partial charge < -0.3 is 9.64 Å². The van der Waals surface area contributed by atoms with Crippen LogP contribution in [0.2, 0.25) is 0 Å². The molecule has 0 N–H and O–H groups in total. The van der Waals surface area contributed by atoms with Crippen LogP contribution in [-0.4, -0.2) is 34.7 Å². The molecular weight excluding hydrogens is 481 g/mol. The highest BCUT2D eigenvalue weighted by molar-refractivity contribution is 5.83. The quantitative estimate of drug-likeness (QED) is 0.334. The van der Waals surface area contributed by atoms with Crippen LogP contribution >= 0.6 is 0 Å². The van der Waals surface area contributed by atoms with Gasteiger partial charge in [-0.15, -0.1) is 0 Å². The van der Waals surface area contributed by atoms with Crippen LogP contribution in [0.4, 0.5) is 18.9 Å². The first-order chi connectivity index (χ1) is 17.8. The third-order valence-electron chi connectivity index (χ3n) is 6.39. The second-order valence-corrected chi connectivity index (χ2v) is 8.85. The summed E-state index contributed by atoms with van der Waals surface area (Å²) in [5.41, 5.74) is 0.711. The zero-order chi connectivity index (χ0) is 26.0. The lowest BCUT2D eigenvalue weighted by Crippen LogP contribution is -2.29. The molecule has 4 aromatic rings. The molecule has 0 atom stereocenters. The third-order valence-corrected chi connectivity index (χ3v) is 6.39. The first-order valence-corrected chi connectivity index (χ1v) is 12.0. The molecule has 0 bridgehead atoms. The summed E-state index contributed by atoms with van der Waals surface area (Å²) in [5, 5.41) is 0.345. The fourth-order valence-corrected chi connectivity index (χ4v) is 4.52. The second-order valence-electron chi connectivity index (χ2n) is 8.85. The second kappa shape index (κ2) is 10.1. The molecule has 1 saturated heterocycles. The highest BCUT2D eigenvalue weighted by Gasteiger charge is 2.31. The van der Waals surface area contributed by atoms with Crippen LogP contribution in [0.5, 0.6) is 5.88 Å². The van der Waals surface area contributed by atoms with Crippen LogP contribution in [0.25, 0.3) is 28.7 Å². The van der Waals surface area contributed by atoms with Crippen LogP contribution in [0.15, 0.2) is 65.5 Å². The molecule has 1 fully saturated rings. The van der Waals surface area contributed by atoms with Crippen molar-refractivity contribution in [1.29, 1.82) is 0 Å². The molecule has 1 aliphatic heterocycles. The maximum atomic E-state index is 13.8. The number of anilines is 1. The van der Waals surface area contributed by atoms with Crippen LogP contribution in [-0.2, 0) is 6.18 Å². The number of nitrogens with zero attached hydrogens (tertiary/aromatic N) is 4. The molecular formula is C28H25F3N4O2. The van der Waals surface area contributed by atoms with Crippen molar-refractivity contribution in [1.82, 2.24) is 14.5 Å². The van der Waals surface area contributed by atoms with Gasteiger partial charge in [0, 0.05) is 24.8 Å². The Bertz CT molecular complexity index is 1520. The number of hydrogen-bond donors (Lipinski definition) is 0. The van der Waals surface area contributed by atoms with E-state index in [-0.39, 0.29) is 11.5 Å². The van der Waals surface area contributed by atoms with E-state index in [1.807, 2.05) is 6.07 Å². The van der Waals surface area contributed by atoms with Crippen molar-refractivity contribution < 1.29 is 17.9 Å². The number of halogens is 3. The average Bonchev–Trinajstić information content (AvgIpc) is 2.92. The van der Waals surface area contributed by atoms with E-state index in [0.717, 1.165) is 43.8 Å². The molecule has 6 nitrogen and oxygen atoms in total. The number of ether oxygens (including phenoxy) is 1. The Kier molecular flexibility index (Phi) is 6.69. The minimum absolute atomic E-state index is 0.0795. The van der Waals surface area contributed by atoms with Gasteiger partial charge in [0.05, 0.1) is 35.0 Å².